The number of hydrogen-bond donors (Lipinski definition) is 2. The Hall–Kier alpha value is -1.58. The maximum absolute atomic E-state index is 8.56. The first-order chi connectivity index (χ1) is 12.7. The number of benzene rings is 2. The second-order valence-corrected chi connectivity index (χ2v) is 7.46. The van der Waals surface area contributed by atoms with Crippen molar-refractivity contribution in [3.63, 3.8) is 0 Å². The third kappa shape index (κ3) is 6.49. The fraction of sp³-hybridized carbons (Fsp3) is 0.375. The second-order valence-electron chi connectivity index (χ2n) is 7.46. The Balaban J connectivity index is 0.000000425. The molecule has 3 nitrogen and oxygen atoms in total. The van der Waals surface area contributed by atoms with E-state index in [4.69, 9.17) is 15.2 Å². The smallest absolute Gasteiger partial charge is 0.0600 e. The summed E-state index contributed by atoms with van der Waals surface area (Å²) < 4.78 is 0. The van der Waals surface area contributed by atoms with Crippen LogP contribution in [0.5, 0.6) is 0 Å². The van der Waals surface area contributed by atoms with E-state index < -0.39 is 0 Å². The molecule has 3 rings (SSSR count). The zero-order chi connectivity index (χ0) is 20.1. The molecule has 1 heterocycles. The zero-order valence-corrected chi connectivity index (χ0v) is 19.9. The van der Waals surface area contributed by atoms with E-state index in [9.17, 15) is 0 Å². The molecule has 0 aliphatic heterocycles. The summed E-state index contributed by atoms with van der Waals surface area (Å²) in [5.74, 6) is 0. The normalized spacial score (nSPS) is 12.6. The Labute approximate surface area is 182 Å². The van der Waals surface area contributed by atoms with E-state index in [0.29, 0.717) is 6.42 Å². The molecule has 0 bridgehead atoms. The molecule has 0 saturated heterocycles. The van der Waals surface area contributed by atoms with Crippen LogP contribution in [0.3, 0.4) is 0 Å². The van der Waals surface area contributed by atoms with Crippen LogP contribution in [0, 0.1) is 33.8 Å². The number of aryl methyl sites for hydroxylation is 4. The first-order valence-corrected chi connectivity index (χ1v) is 9.41. The molecule has 0 aliphatic rings. The first-order valence-electron chi connectivity index (χ1n) is 9.41. The molecule has 2 atom stereocenters. The van der Waals surface area contributed by atoms with Crippen molar-refractivity contribution >= 4 is 10.9 Å². The van der Waals surface area contributed by atoms with Crippen molar-refractivity contribution in [2.24, 2.45) is 0 Å². The molecule has 2 aromatic carbocycles. The molecule has 1 aromatic heterocycles. The molecule has 0 spiro atoms. The summed E-state index contributed by atoms with van der Waals surface area (Å²) in [7, 11) is 0. The van der Waals surface area contributed by atoms with Crippen LogP contribution in [0.4, 0.5) is 0 Å². The fourth-order valence-electron chi connectivity index (χ4n) is 3.25. The van der Waals surface area contributed by atoms with E-state index in [2.05, 4.69) is 58.0 Å². The van der Waals surface area contributed by atoms with Gasteiger partial charge in [0.15, 0.2) is 0 Å². The van der Waals surface area contributed by atoms with Gasteiger partial charge in [-0.1, -0.05) is 24.6 Å². The van der Waals surface area contributed by atoms with Crippen molar-refractivity contribution in [3.05, 3.63) is 64.7 Å². The average Bonchev–Trinajstić information content (AvgIpc) is 2.55. The van der Waals surface area contributed by atoms with Gasteiger partial charge >= 0.3 is 0 Å². The van der Waals surface area contributed by atoms with Crippen molar-refractivity contribution in [1.82, 2.24) is 4.98 Å². The summed E-state index contributed by atoms with van der Waals surface area (Å²) in [6, 6.07) is 16.0. The van der Waals surface area contributed by atoms with E-state index in [1.807, 2.05) is 12.1 Å². The van der Waals surface area contributed by atoms with Crippen molar-refractivity contribution in [2.75, 3.05) is 0 Å². The van der Waals surface area contributed by atoms with Gasteiger partial charge in [-0.2, -0.15) is 0 Å². The van der Waals surface area contributed by atoms with E-state index in [0.717, 1.165) is 16.8 Å². The minimum absolute atomic E-state index is 0. The number of pyridine rings is 1. The maximum Gasteiger partial charge on any atom is 0.0600 e. The summed E-state index contributed by atoms with van der Waals surface area (Å²) in [5, 5.41) is 18.4. The van der Waals surface area contributed by atoms with Crippen molar-refractivity contribution in [3.8, 4) is 11.3 Å². The third-order valence-electron chi connectivity index (χ3n) is 4.46. The molecular weight excluding hydrogens is 526 g/mol. The molecule has 2 unspecified atom stereocenters. The largest absolute Gasteiger partial charge is 0.393 e. The summed E-state index contributed by atoms with van der Waals surface area (Å²) in [5.41, 5.74) is 8.18. The van der Waals surface area contributed by atoms with E-state index in [-0.39, 0.29) is 32.3 Å². The van der Waals surface area contributed by atoms with Gasteiger partial charge < -0.3 is 10.2 Å². The standard InChI is InChI=1S/C19H18N.C5H12O2.Ir/c1-12-9-14(3)17-11-15(4)19(20-18(17)10-12)16-8-6-5-7-13(16)2;1-4(6)3-5(2)7;/h5-7,9-11H,1-4H3;4-7H,3H2,1-2H3;/q-1;;. The van der Waals surface area contributed by atoms with Crippen molar-refractivity contribution in [2.45, 2.75) is 60.2 Å². The quantitative estimate of drug-likeness (QED) is 0.443. The number of hydrogen-bond acceptors (Lipinski definition) is 3. The molecule has 0 aliphatic carbocycles. The van der Waals surface area contributed by atoms with Crippen LogP contribution in [0.2, 0.25) is 0 Å². The van der Waals surface area contributed by atoms with Gasteiger partial charge in [-0.15, -0.1) is 35.4 Å². The summed E-state index contributed by atoms with van der Waals surface area (Å²) in [4.78, 5) is 4.90. The van der Waals surface area contributed by atoms with Gasteiger partial charge in [-0.05, 0) is 63.9 Å². The maximum atomic E-state index is 8.56. The number of aliphatic hydroxyl groups is 2. The molecule has 4 heteroatoms. The minimum Gasteiger partial charge on any atom is -0.393 e. The van der Waals surface area contributed by atoms with E-state index in [1.54, 1.807) is 13.8 Å². The van der Waals surface area contributed by atoms with Crippen LogP contribution >= 0.6 is 0 Å². The van der Waals surface area contributed by atoms with Crippen LogP contribution in [-0.4, -0.2) is 27.4 Å². The van der Waals surface area contributed by atoms with Gasteiger partial charge in [0, 0.05) is 25.5 Å². The van der Waals surface area contributed by atoms with Crippen LogP contribution in [0.25, 0.3) is 22.2 Å². The van der Waals surface area contributed by atoms with Gasteiger partial charge in [0.05, 0.1) is 17.7 Å². The molecule has 0 fully saturated rings. The topological polar surface area (TPSA) is 53.4 Å². The summed E-state index contributed by atoms with van der Waals surface area (Å²) in [6.45, 7) is 11.8. The first kappa shape index (κ1) is 24.5. The van der Waals surface area contributed by atoms with Gasteiger partial charge in [0.1, 0.15) is 0 Å². The number of nitrogens with zero attached hydrogens (tertiary/aromatic N) is 1. The molecule has 28 heavy (non-hydrogen) atoms. The van der Waals surface area contributed by atoms with Gasteiger partial charge in [0.25, 0.3) is 0 Å². The Bertz CT molecular complexity index is 914. The predicted molar refractivity (Wildman–Crippen MR) is 113 cm³/mol. The van der Waals surface area contributed by atoms with Gasteiger partial charge in [-0.25, -0.2) is 0 Å². The number of fused-ring (bicyclic) bond motifs is 1. The number of aromatic nitrogens is 1. The van der Waals surface area contributed by atoms with Gasteiger partial charge in [0.2, 0.25) is 0 Å². The average molecular weight is 557 g/mol. The molecular formula is C24H30IrNO2-. The summed E-state index contributed by atoms with van der Waals surface area (Å²) in [6.07, 6.45) is -0.278. The monoisotopic (exact) mass is 557 g/mol. The van der Waals surface area contributed by atoms with Crippen LogP contribution < -0.4 is 0 Å². The molecule has 0 saturated carbocycles. The van der Waals surface area contributed by atoms with Crippen LogP contribution in [0.1, 0.15) is 42.5 Å². The zero-order valence-electron chi connectivity index (χ0n) is 17.5. The molecule has 1 radical (unpaired) electrons. The SMILES string of the molecule is CC(O)CC(C)O.Cc1cc(C)c2cc(C)c(-c3[c-]cccc3C)nc2c1.[Ir]. The minimum atomic E-state index is -0.375. The predicted octanol–water partition coefficient (Wildman–Crippen LogP) is 5.07. The molecule has 0 amide bonds. The Kier molecular flexibility index (Phi) is 9.46. The van der Waals surface area contributed by atoms with Crippen LogP contribution in [0.15, 0.2) is 36.4 Å². The molecule has 153 valence electrons. The third-order valence-corrected chi connectivity index (χ3v) is 4.46. The number of rotatable bonds is 3. The summed E-state index contributed by atoms with van der Waals surface area (Å²) >= 11 is 0. The number of aliphatic hydroxyl groups excluding tert-OH is 2. The van der Waals surface area contributed by atoms with Gasteiger partial charge in [-0.3, -0.25) is 4.98 Å². The molecule has 3 aromatic rings. The van der Waals surface area contributed by atoms with Crippen molar-refractivity contribution in [1.29, 1.82) is 0 Å². The van der Waals surface area contributed by atoms with Crippen molar-refractivity contribution < 1.29 is 30.3 Å². The Morgan fingerprint density at radius 1 is 0.929 bits per heavy atom. The fourth-order valence-corrected chi connectivity index (χ4v) is 3.25. The Morgan fingerprint density at radius 3 is 2.11 bits per heavy atom. The molecule has 2 N–H and O–H groups in total. The Morgan fingerprint density at radius 2 is 1.57 bits per heavy atom. The van der Waals surface area contributed by atoms with Crippen LogP contribution in [-0.2, 0) is 20.1 Å². The second kappa shape index (κ2) is 10.8. The van der Waals surface area contributed by atoms with E-state index >= 15 is 0 Å². The van der Waals surface area contributed by atoms with E-state index in [1.165, 1.54) is 27.6 Å².